The van der Waals surface area contributed by atoms with Crippen molar-refractivity contribution in [2.75, 3.05) is 9.80 Å². The van der Waals surface area contributed by atoms with Crippen LogP contribution in [0.25, 0.3) is 33.4 Å². The Labute approximate surface area is 388 Å². The molecule has 0 amide bonds. The van der Waals surface area contributed by atoms with Crippen molar-refractivity contribution in [3.8, 4) is 33.4 Å². The monoisotopic (exact) mass is 844 g/mol. The smallest absolute Gasteiger partial charge is 0.0714 e. The van der Waals surface area contributed by atoms with Gasteiger partial charge >= 0.3 is 0 Å². The molecule has 0 unspecified atom stereocenters. The predicted octanol–water partition coefficient (Wildman–Crippen LogP) is 17.0. The molecule has 10 aromatic rings. The third-order valence-electron chi connectivity index (χ3n) is 14.1. The number of hydrogen-bond donors (Lipinski definition) is 0. The van der Waals surface area contributed by atoms with Crippen LogP contribution in [0.4, 0.5) is 34.1 Å². The zero-order chi connectivity index (χ0) is 44.2. The summed E-state index contributed by atoms with van der Waals surface area (Å²) in [4.78, 5) is 4.93. The molecule has 66 heavy (non-hydrogen) atoms. The molecule has 1 heterocycles. The van der Waals surface area contributed by atoms with E-state index >= 15 is 0 Å². The first-order valence-corrected chi connectivity index (χ1v) is 23.0. The zero-order valence-corrected chi connectivity index (χ0v) is 37.1. The van der Waals surface area contributed by atoms with Gasteiger partial charge in [-0.2, -0.15) is 0 Å². The van der Waals surface area contributed by atoms with Gasteiger partial charge in [0.1, 0.15) is 0 Å². The standard InChI is InChI=1S/C64H48N2/c1-63(2)57-32-18-20-34-61(57)66(50-27-13-6-14-28-50)62-43-47(37-42-58(62)63)53-29-16-19-33-60(53)65(51-38-35-46(36-39-51)45-21-7-3-8-22-45)52-40-41-55-54-30-15-17-31-56(54)64(59(55)44-52,48-23-9-4-10-24-48)49-25-11-5-12-26-49/h3-44H,1-2H3. The summed E-state index contributed by atoms with van der Waals surface area (Å²) in [7, 11) is 0. The molecule has 0 spiro atoms. The van der Waals surface area contributed by atoms with E-state index in [9.17, 15) is 0 Å². The third-order valence-corrected chi connectivity index (χ3v) is 14.1. The third kappa shape index (κ3) is 6.17. The Hall–Kier alpha value is -8.20. The second kappa shape index (κ2) is 15.8. The minimum atomic E-state index is -0.532. The molecule has 0 fully saturated rings. The van der Waals surface area contributed by atoms with Crippen molar-refractivity contribution in [2.24, 2.45) is 0 Å². The molecule has 2 aliphatic rings. The first kappa shape index (κ1) is 39.4. The van der Waals surface area contributed by atoms with Crippen LogP contribution in [0.1, 0.15) is 47.2 Å². The van der Waals surface area contributed by atoms with Gasteiger partial charge in [0.2, 0.25) is 0 Å². The number of hydrogen-bond acceptors (Lipinski definition) is 2. The first-order chi connectivity index (χ1) is 32.5. The molecule has 10 aromatic carbocycles. The summed E-state index contributed by atoms with van der Waals surface area (Å²) in [6, 6.07) is 93.8. The highest BCUT2D eigenvalue weighted by Gasteiger charge is 2.46. The van der Waals surface area contributed by atoms with E-state index in [1.54, 1.807) is 0 Å². The summed E-state index contributed by atoms with van der Waals surface area (Å²) in [5, 5.41) is 0. The quantitative estimate of drug-likeness (QED) is 0.150. The molecule has 12 rings (SSSR count). The fourth-order valence-corrected chi connectivity index (χ4v) is 11.1. The van der Waals surface area contributed by atoms with Gasteiger partial charge in [0.15, 0.2) is 0 Å². The zero-order valence-electron chi connectivity index (χ0n) is 37.1. The maximum Gasteiger partial charge on any atom is 0.0714 e. The van der Waals surface area contributed by atoms with E-state index in [4.69, 9.17) is 0 Å². The lowest BCUT2D eigenvalue weighted by molar-refractivity contribution is 0.632. The van der Waals surface area contributed by atoms with Crippen molar-refractivity contribution in [1.29, 1.82) is 0 Å². The summed E-state index contributed by atoms with van der Waals surface area (Å²) in [6.45, 7) is 4.72. The van der Waals surface area contributed by atoms with E-state index in [1.165, 1.54) is 67.0 Å². The van der Waals surface area contributed by atoms with E-state index < -0.39 is 5.41 Å². The van der Waals surface area contributed by atoms with Gasteiger partial charge in [-0.3, -0.25) is 0 Å². The van der Waals surface area contributed by atoms with Crippen LogP contribution in [0.2, 0.25) is 0 Å². The lowest BCUT2D eigenvalue weighted by Crippen LogP contribution is -2.30. The highest BCUT2D eigenvalue weighted by atomic mass is 15.2. The van der Waals surface area contributed by atoms with Crippen LogP contribution in [0.15, 0.2) is 255 Å². The van der Waals surface area contributed by atoms with Gasteiger partial charge in [0.25, 0.3) is 0 Å². The first-order valence-electron chi connectivity index (χ1n) is 23.0. The van der Waals surface area contributed by atoms with E-state index in [-0.39, 0.29) is 5.41 Å². The van der Waals surface area contributed by atoms with Crippen molar-refractivity contribution in [1.82, 2.24) is 0 Å². The van der Waals surface area contributed by atoms with Crippen molar-refractivity contribution >= 4 is 34.1 Å². The average Bonchev–Trinajstić information content (AvgIpc) is 3.68. The number of fused-ring (bicyclic) bond motifs is 5. The fraction of sp³-hybridized carbons (Fsp3) is 0.0625. The van der Waals surface area contributed by atoms with Gasteiger partial charge < -0.3 is 9.80 Å². The second-order valence-corrected chi connectivity index (χ2v) is 18.1. The van der Waals surface area contributed by atoms with Crippen LogP contribution in [0.3, 0.4) is 0 Å². The Bertz CT molecular complexity index is 3340. The van der Waals surface area contributed by atoms with Crippen LogP contribution in [-0.4, -0.2) is 0 Å². The summed E-state index contributed by atoms with van der Waals surface area (Å²) < 4.78 is 0. The van der Waals surface area contributed by atoms with Gasteiger partial charge in [-0.15, -0.1) is 0 Å². The van der Waals surface area contributed by atoms with Crippen LogP contribution >= 0.6 is 0 Å². The molecular formula is C64H48N2. The highest BCUT2D eigenvalue weighted by molar-refractivity contribution is 5.95. The number of para-hydroxylation sites is 3. The molecular weight excluding hydrogens is 797 g/mol. The Balaban J connectivity index is 1.09. The minimum Gasteiger partial charge on any atom is -0.310 e. The molecule has 0 bridgehead atoms. The van der Waals surface area contributed by atoms with Crippen molar-refractivity contribution in [3.05, 3.63) is 288 Å². The molecule has 0 saturated heterocycles. The van der Waals surface area contributed by atoms with Gasteiger partial charge in [-0.25, -0.2) is 0 Å². The molecule has 0 radical (unpaired) electrons. The molecule has 2 nitrogen and oxygen atoms in total. The number of benzene rings is 10. The number of anilines is 6. The molecule has 1 aliphatic carbocycles. The van der Waals surface area contributed by atoms with Gasteiger partial charge in [-0.05, 0) is 116 Å². The minimum absolute atomic E-state index is 0.201. The normalized spacial score (nSPS) is 13.8. The molecule has 0 N–H and O–H groups in total. The van der Waals surface area contributed by atoms with Gasteiger partial charge in [0, 0.05) is 28.0 Å². The largest absolute Gasteiger partial charge is 0.310 e. The maximum atomic E-state index is 2.47. The summed E-state index contributed by atoms with van der Waals surface area (Å²) in [6.07, 6.45) is 0. The molecule has 0 atom stereocenters. The van der Waals surface area contributed by atoms with Crippen molar-refractivity contribution in [2.45, 2.75) is 24.7 Å². The predicted molar refractivity (Wildman–Crippen MR) is 276 cm³/mol. The number of rotatable bonds is 8. The topological polar surface area (TPSA) is 6.48 Å². The van der Waals surface area contributed by atoms with E-state index in [2.05, 4.69) is 278 Å². The lowest BCUT2D eigenvalue weighted by Gasteiger charge is -2.42. The van der Waals surface area contributed by atoms with Crippen LogP contribution < -0.4 is 9.80 Å². The van der Waals surface area contributed by atoms with Gasteiger partial charge in [-0.1, -0.05) is 214 Å². The Morgan fingerprint density at radius 1 is 0.333 bits per heavy atom. The van der Waals surface area contributed by atoms with E-state index in [1.807, 2.05) is 0 Å². The molecule has 0 saturated carbocycles. The Morgan fingerprint density at radius 2 is 0.833 bits per heavy atom. The Kier molecular flexibility index (Phi) is 9.43. The highest BCUT2D eigenvalue weighted by Crippen LogP contribution is 2.58. The van der Waals surface area contributed by atoms with Crippen molar-refractivity contribution in [3.63, 3.8) is 0 Å². The van der Waals surface area contributed by atoms with Crippen LogP contribution in [0, 0.1) is 0 Å². The summed E-state index contributed by atoms with van der Waals surface area (Å²) in [5.41, 5.74) is 21.0. The molecule has 0 aromatic heterocycles. The number of nitrogens with zero attached hydrogens (tertiary/aromatic N) is 2. The maximum absolute atomic E-state index is 2.47. The molecule has 1 aliphatic heterocycles. The van der Waals surface area contributed by atoms with Gasteiger partial charge in [0.05, 0.1) is 22.5 Å². The second-order valence-electron chi connectivity index (χ2n) is 18.1. The lowest BCUT2D eigenvalue weighted by atomic mass is 9.67. The SMILES string of the molecule is CC1(C)c2ccccc2N(c2ccccc2)c2cc(-c3ccccc3N(c3ccc(-c4ccccc4)cc3)c3ccc4c(c3)C(c3ccccc3)(c3ccccc3)c3ccccc3-4)ccc21. The molecule has 2 heteroatoms. The Morgan fingerprint density at radius 3 is 1.53 bits per heavy atom. The van der Waals surface area contributed by atoms with Crippen LogP contribution in [0.5, 0.6) is 0 Å². The van der Waals surface area contributed by atoms with E-state index in [0.717, 1.165) is 33.9 Å². The van der Waals surface area contributed by atoms with E-state index in [0.29, 0.717) is 0 Å². The van der Waals surface area contributed by atoms with Crippen LogP contribution in [-0.2, 0) is 10.8 Å². The molecule has 314 valence electrons. The fourth-order valence-electron chi connectivity index (χ4n) is 11.1. The average molecular weight is 845 g/mol. The summed E-state index contributed by atoms with van der Waals surface area (Å²) >= 11 is 0. The van der Waals surface area contributed by atoms with Crippen molar-refractivity contribution < 1.29 is 0 Å². The summed E-state index contributed by atoms with van der Waals surface area (Å²) in [5.74, 6) is 0.